The smallest absolute Gasteiger partial charge is 0.334 e. The minimum Gasteiger partial charge on any atom is -0.467 e. The molecule has 0 saturated carbocycles. The van der Waals surface area contributed by atoms with Gasteiger partial charge in [-0.1, -0.05) is 23.7 Å². The van der Waals surface area contributed by atoms with E-state index < -0.39 is 29.1 Å². The third-order valence-corrected chi connectivity index (χ3v) is 5.68. The zero-order chi connectivity index (χ0) is 22.3. The van der Waals surface area contributed by atoms with Crippen molar-refractivity contribution in [2.45, 2.75) is 18.4 Å². The Hall–Kier alpha value is -2.90. The number of carbonyl (C=O) groups is 1. The lowest BCUT2D eigenvalue weighted by molar-refractivity contribution is -0.146. The summed E-state index contributed by atoms with van der Waals surface area (Å²) in [5.41, 5.74) is -0.662. The van der Waals surface area contributed by atoms with E-state index in [0.29, 0.717) is 17.0 Å². The molecule has 5 nitrogen and oxygen atoms in total. The van der Waals surface area contributed by atoms with Gasteiger partial charge in [0.05, 0.1) is 24.4 Å². The van der Waals surface area contributed by atoms with Gasteiger partial charge in [0, 0.05) is 5.02 Å². The predicted octanol–water partition coefficient (Wildman–Crippen LogP) is 5.80. The van der Waals surface area contributed by atoms with Gasteiger partial charge >= 0.3 is 5.97 Å². The number of hydrazone groups is 1. The van der Waals surface area contributed by atoms with Crippen LogP contribution in [0.15, 0.2) is 64.1 Å². The summed E-state index contributed by atoms with van der Waals surface area (Å²) in [5.74, 6) is -2.31. The Kier molecular flexibility index (Phi) is 5.49. The Bertz CT molecular complexity index is 1180. The lowest BCUT2D eigenvalue weighted by Crippen LogP contribution is -2.52. The van der Waals surface area contributed by atoms with Crippen LogP contribution in [-0.4, -0.2) is 24.3 Å². The van der Waals surface area contributed by atoms with Crippen LogP contribution in [0.25, 0.3) is 0 Å². The number of nitrogens with zero attached hydrogens (tertiary/aromatic N) is 2. The van der Waals surface area contributed by atoms with Crippen molar-refractivity contribution in [1.29, 1.82) is 0 Å². The van der Waals surface area contributed by atoms with Crippen molar-refractivity contribution in [2.75, 3.05) is 12.1 Å². The molecule has 160 valence electrons. The second-order valence-corrected chi connectivity index (χ2v) is 7.92. The van der Waals surface area contributed by atoms with E-state index in [2.05, 4.69) is 5.10 Å². The first-order valence-corrected chi connectivity index (χ1v) is 9.94. The van der Waals surface area contributed by atoms with E-state index in [1.54, 1.807) is 13.0 Å². The van der Waals surface area contributed by atoms with E-state index >= 15 is 0 Å². The Morgan fingerprint density at radius 2 is 1.84 bits per heavy atom. The van der Waals surface area contributed by atoms with Crippen LogP contribution < -0.4 is 5.01 Å². The second-order valence-electron chi connectivity index (χ2n) is 7.11. The van der Waals surface area contributed by atoms with Crippen LogP contribution in [0.2, 0.25) is 10.2 Å². The number of benzene rings is 2. The number of furan rings is 1. The molecule has 1 aliphatic heterocycles. The Labute approximate surface area is 186 Å². The molecule has 0 N–H and O–H groups in total. The third-order valence-electron chi connectivity index (χ3n) is 5.24. The lowest BCUT2D eigenvalue weighted by atomic mass is 9.79. The van der Waals surface area contributed by atoms with Gasteiger partial charge in [0.25, 0.3) is 0 Å². The van der Waals surface area contributed by atoms with Crippen molar-refractivity contribution in [2.24, 2.45) is 5.10 Å². The molecule has 9 heteroatoms. The highest BCUT2D eigenvalue weighted by atomic mass is 35.5. The van der Waals surface area contributed by atoms with Crippen LogP contribution in [0.1, 0.15) is 24.2 Å². The maximum atomic E-state index is 14.9. The SMILES string of the molecule is COC(=O)C1(C)C(c2ccc(Cl)o2)C(c2ccc(F)cc2)=NN1c1ccc(Cl)cc1F. The summed E-state index contributed by atoms with van der Waals surface area (Å²) in [6.07, 6.45) is 0. The molecule has 1 aliphatic rings. The number of methoxy groups -OCH3 is 1. The van der Waals surface area contributed by atoms with E-state index in [-0.39, 0.29) is 15.9 Å². The van der Waals surface area contributed by atoms with Gasteiger partial charge in [0.15, 0.2) is 10.8 Å². The van der Waals surface area contributed by atoms with Crippen molar-refractivity contribution in [3.05, 3.63) is 87.8 Å². The first-order chi connectivity index (χ1) is 14.8. The maximum absolute atomic E-state index is 14.9. The van der Waals surface area contributed by atoms with Crippen molar-refractivity contribution >= 4 is 40.6 Å². The Morgan fingerprint density at radius 3 is 2.42 bits per heavy atom. The van der Waals surface area contributed by atoms with Gasteiger partial charge in [-0.15, -0.1) is 0 Å². The van der Waals surface area contributed by atoms with Crippen molar-refractivity contribution in [3.8, 4) is 0 Å². The van der Waals surface area contributed by atoms with Gasteiger partial charge in [-0.25, -0.2) is 18.6 Å². The topological polar surface area (TPSA) is 55.0 Å². The number of hydrogen-bond acceptors (Lipinski definition) is 5. The van der Waals surface area contributed by atoms with E-state index in [9.17, 15) is 13.6 Å². The minimum atomic E-state index is -1.55. The highest BCUT2D eigenvalue weighted by Gasteiger charge is 2.57. The molecule has 0 aliphatic carbocycles. The van der Waals surface area contributed by atoms with Crippen LogP contribution in [0.5, 0.6) is 0 Å². The zero-order valence-electron chi connectivity index (χ0n) is 16.4. The molecule has 0 bridgehead atoms. The van der Waals surface area contributed by atoms with Gasteiger partial charge < -0.3 is 9.15 Å². The molecule has 0 amide bonds. The van der Waals surface area contributed by atoms with E-state index in [4.69, 9.17) is 32.4 Å². The number of halogens is 4. The standard InChI is InChI=1S/C22H16Cl2F2N2O3/c1-22(21(29)30-2)19(17-9-10-18(24)31-17)20(12-3-6-14(25)7-4-12)27-28(22)16-8-5-13(23)11-15(16)26/h3-11,19H,1-2H3. The van der Waals surface area contributed by atoms with Crippen LogP contribution in [-0.2, 0) is 9.53 Å². The number of ether oxygens (including phenoxy) is 1. The summed E-state index contributed by atoms with van der Waals surface area (Å²) < 4.78 is 39.1. The Balaban J connectivity index is 1.98. The Morgan fingerprint density at radius 1 is 1.13 bits per heavy atom. The summed E-state index contributed by atoms with van der Waals surface area (Å²) in [7, 11) is 1.23. The second kappa shape index (κ2) is 7.98. The van der Waals surface area contributed by atoms with Gasteiger partial charge in [0.2, 0.25) is 0 Å². The molecule has 31 heavy (non-hydrogen) atoms. The summed E-state index contributed by atoms with van der Waals surface area (Å²) in [6, 6.07) is 12.7. The molecular weight excluding hydrogens is 449 g/mol. The third kappa shape index (κ3) is 3.58. The first-order valence-electron chi connectivity index (χ1n) is 9.19. The maximum Gasteiger partial charge on any atom is 0.334 e. The fourth-order valence-corrected chi connectivity index (χ4v) is 4.08. The van der Waals surface area contributed by atoms with Crippen molar-refractivity contribution in [3.63, 3.8) is 0 Å². The molecule has 2 heterocycles. The summed E-state index contributed by atoms with van der Waals surface area (Å²) in [6.45, 7) is 1.56. The fourth-order valence-electron chi connectivity index (χ4n) is 3.77. The lowest BCUT2D eigenvalue weighted by Gasteiger charge is -2.35. The fraction of sp³-hybridized carbons (Fsp3) is 0.182. The number of rotatable bonds is 4. The monoisotopic (exact) mass is 464 g/mol. The molecule has 2 unspecified atom stereocenters. The summed E-state index contributed by atoms with van der Waals surface area (Å²) in [4.78, 5) is 13.1. The average Bonchev–Trinajstić information content (AvgIpc) is 3.29. The number of hydrogen-bond donors (Lipinski definition) is 0. The summed E-state index contributed by atoms with van der Waals surface area (Å²) in [5, 5.41) is 6.12. The highest BCUT2D eigenvalue weighted by Crippen LogP contribution is 2.46. The summed E-state index contributed by atoms with van der Waals surface area (Å²) >= 11 is 11.9. The van der Waals surface area contributed by atoms with Gasteiger partial charge in [-0.05, 0) is 66.6 Å². The molecule has 2 atom stereocenters. The molecule has 3 aromatic rings. The first kappa shape index (κ1) is 21.3. The van der Waals surface area contributed by atoms with Crippen LogP contribution in [0, 0.1) is 11.6 Å². The molecule has 2 aromatic carbocycles. The number of carbonyl (C=O) groups excluding carboxylic acids is 1. The zero-order valence-corrected chi connectivity index (χ0v) is 17.9. The van der Waals surface area contributed by atoms with Crippen molar-refractivity contribution < 1.29 is 22.7 Å². The molecular formula is C22H16Cl2F2N2O3. The van der Waals surface area contributed by atoms with Crippen LogP contribution in [0.3, 0.4) is 0 Å². The van der Waals surface area contributed by atoms with Gasteiger partial charge in [-0.3, -0.25) is 0 Å². The van der Waals surface area contributed by atoms with Gasteiger partial charge in [-0.2, -0.15) is 5.10 Å². The normalized spacial score (nSPS) is 20.6. The minimum absolute atomic E-state index is 0.0112. The van der Waals surface area contributed by atoms with Crippen LogP contribution >= 0.6 is 23.2 Å². The predicted molar refractivity (Wildman–Crippen MR) is 114 cm³/mol. The largest absolute Gasteiger partial charge is 0.467 e. The molecule has 0 radical (unpaired) electrons. The van der Waals surface area contributed by atoms with Crippen molar-refractivity contribution in [1.82, 2.24) is 0 Å². The molecule has 0 fully saturated rings. The van der Waals surface area contributed by atoms with E-state index in [1.807, 2.05) is 0 Å². The highest BCUT2D eigenvalue weighted by molar-refractivity contribution is 6.30. The molecule has 0 spiro atoms. The molecule has 0 saturated heterocycles. The molecule has 1 aromatic heterocycles. The van der Waals surface area contributed by atoms with E-state index in [0.717, 1.165) is 6.07 Å². The number of esters is 1. The van der Waals surface area contributed by atoms with Gasteiger partial charge in [0.1, 0.15) is 17.4 Å². The van der Waals surface area contributed by atoms with E-state index in [1.165, 1.54) is 54.6 Å². The molecule has 4 rings (SSSR count). The van der Waals surface area contributed by atoms with Crippen LogP contribution in [0.4, 0.5) is 14.5 Å². The quantitative estimate of drug-likeness (QED) is 0.457. The average molecular weight is 465 g/mol. The number of anilines is 1.